The third kappa shape index (κ3) is 5.41. The molecule has 0 unspecified atom stereocenters. The van der Waals surface area contributed by atoms with Crippen molar-refractivity contribution < 1.29 is 14.3 Å². The van der Waals surface area contributed by atoms with Crippen LogP contribution in [0.4, 0.5) is 0 Å². The molecule has 2 rings (SSSR count). The van der Waals surface area contributed by atoms with Crippen LogP contribution in [0.25, 0.3) is 0 Å². The van der Waals surface area contributed by atoms with Gasteiger partial charge in [-0.3, -0.25) is 4.79 Å². The zero-order valence-electron chi connectivity index (χ0n) is 15.0. The number of nitrogens with zero attached hydrogens (tertiary/aromatic N) is 1. The summed E-state index contributed by atoms with van der Waals surface area (Å²) in [5.41, 5.74) is 0.519. The zero-order valence-corrected chi connectivity index (χ0v) is 15.0. The van der Waals surface area contributed by atoms with E-state index in [1.807, 2.05) is 0 Å². The number of nitrogens with one attached hydrogen (secondary N) is 1. The molecule has 0 radical (unpaired) electrons. The Morgan fingerprint density at radius 2 is 1.88 bits per heavy atom. The summed E-state index contributed by atoms with van der Waals surface area (Å²) >= 11 is 0. The maximum atomic E-state index is 12.3. The van der Waals surface area contributed by atoms with E-state index in [4.69, 9.17) is 9.47 Å². The van der Waals surface area contributed by atoms with Crippen LogP contribution >= 0.6 is 0 Å². The Hall–Kier alpha value is -1.75. The highest BCUT2D eigenvalue weighted by atomic mass is 16.5. The number of carbonyl (C=O) groups is 1. The molecule has 5 nitrogen and oxygen atoms in total. The number of hydrogen-bond acceptors (Lipinski definition) is 4. The second kappa shape index (κ2) is 10.2. The molecule has 0 saturated carbocycles. The Labute approximate surface area is 145 Å². The normalized spacial score (nSPS) is 15.1. The number of hydrogen-bond donors (Lipinski definition) is 1. The summed E-state index contributed by atoms with van der Waals surface area (Å²) < 4.78 is 10.5. The molecule has 24 heavy (non-hydrogen) atoms. The van der Waals surface area contributed by atoms with Crippen molar-refractivity contribution in [1.82, 2.24) is 10.2 Å². The van der Waals surface area contributed by atoms with Crippen molar-refractivity contribution in [1.29, 1.82) is 0 Å². The van der Waals surface area contributed by atoms with Gasteiger partial charge >= 0.3 is 0 Å². The van der Waals surface area contributed by atoms with Crippen LogP contribution in [0.1, 0.15) is 48.9 Å². The summed E-state index contributed by atoms with van der Waals surface area (Å²) in [6, 6.07) is 5.35. The van der Waals surface area contributed by atoms with E-state index in [-0.39, 0.29) is 5.91 Å². The van der Waals surface area contributed by atoms with Crippen molar-refractivity contribution in [3.63, 3.8) is 0 Å². The lowest BCUT2D eigenvalue weighted by Crippen LogP contribution is -2.30. The quantitative estimate of drug-likeness (QED) is 0.705. The van der Waals surface area contributed by atoms with Crippen molar-refractivity contribution >= 4 is 5.91 Å². The van der Waals surface area contributed by atoms with Crippen LogP contribution in [0.2, 0.25) is 0 Å². The standard InChI is InChI=1S/C19H30N2O3/c1-23-17-11-9-10-16(18(17)24-2)19(22)20-12-5-3-6-13-21-14-7-4-8-15-21/h9-11H,3-8,12-15H2,1-2H3,(H,20,22). The first-order valence-corrected chi connectivity index (χ1v) is 8.98. The second-order valence-corrected chi connectivity index (χ2v) is 6.26. The Morgan fingerprint density at radius 1 is 1.08 bits per heavy atom. The summed E-state index contributed by atoms with van der Waals surface area (Å²) in [5, 5.41) is 2.98. The number of unbranched alkanes of at least 4 members (excludes halogenated alkanes) is 2. The summed E-state index contributed by atoms with van der Waals surface area (Å²) in [6.07, 6.45) is 7.43. The summed E-state index contributed by atoms with van der Waals surface area (Å²) in [5.74, 6) is 0.955. The Balaban J connectivity index is 1.68. The number of ether oxygens (including phenoxy) is 2. The SMILES string of the molecule is COc1cccc(C(=O)NCCCCCN2CCCCC2)c1OC. The molecule has 0 bridgehead atoms. The number of amides is 1. The van der Waals surface area contributed by atoms with Crippen molar-refractivity contribution in [2.75, 3.05) is 40.4 Å². The van der Waals surface area contributed by atoms with Crippen LogP contribution in [0.5, 0.6) is 11.5 Å². The first-order chi connectivity index (χ1) is 11.8. The van der Waals surface area contributed by atoms with E-state index >= 15 is 0 Å². The monoisotopic (exact) mass is 334 g/mol. The molecule has 1 saturated heterocycles. The number of rotatable bonds is 9. The van der Waals surface area contributed by atoms with Gasteiger partial charge in [0, 0.05) is 6.54 Å². The lowest BCUT2D eigenvalue weighted by Gasteiger charge is -2.26. The smallest absolute Gasteiger partial charge is 0.255 e. The van der Waals surface area contributed by atoms with E-state index < -0.39 is 0 Å². The number of likely N-dealkylation sites (tertiary alicyclic amines) is 1. The molecule has 1 N–H and O–H groups in total. The molecular weight excluding hydrogens is 304 g/mol. The number of benzene rings is 1. The fourth-order valence-electron chi connectivity index (χ4n) is 3.18. The molecule has 1 heterocycles. The molecule has 5 heteroatoms. The van der Waals surface area contributed by atoms with Crippen molar-refractivity contribution in [3.8, 4) is 11.5 Å². The highest BCUT2D eigenvalue weighted by Crippen LogP contribution is 2.30. The van der Waals surface area contributed by atoms with Crippen molar-refractivity contribution in [2.45, 2.75) is 38.5 Å². The van der Waals surface area contributed by atoms with Gasteiger partial charge in [-0.05, 0) is 57.5 Å². The molecule has 1 aromatic rings. The van der Waals surface area contributed by atoms with Gasteiger partial charge in [0.2, 0.25) is 0 Å². The van der Waals surface area contributed by atoms with Gasteiger partial charge in [-0.15, -0.1) is 0 Å². The van der Waals surface area contributed by atoms with E-state index in [0.717, 1.165) is 12.8 Å². The molecule has 0 aromatic heterocycles. The van der Waals surface area contributed by atoms with Crippen LogP contribution < -0.4 is 14.8 Å². The Kier molecular flexibility index (Phi) is 7.89. The van der Waals surface area contributed by atoms with Crippen molar-refractivity contribution in [2.24, 2.45) is 0 Å². The lowest BCUT2D eigenvalue weighted by atomic mass is 10.1. The second-order valence-electron chi connectivity index (χ2n) is 6.26. The minimum Gasteiger partial charge on any atom is -0.493 e. The molecule has 1 amide bonds. The van der Waals surface area contributed by atoms with Gasteiger partial charge in [0.15, 0.2) is 11.5 Å². The van der Waals surface area contributed by atoms with Gasteiger partial charge in [0.05, 0.1) is 19.8 Å². The number of para-hydroxylation sites is 1. The fraction of sp³-hybridized carbons (Fsp3) is 0.632. The zero-order chi connectivity index (χ0) is 17.2. The Bertz CT molecular complexity index is 513. The molecule has 1 aliphatic heterocycles. The topological polar surface area (TPSA) is 50.8 Å². The number of carbonyl (C=O) groups excluding carboxylic acids is 1. The van der Waals surface area contributed by atoms with Gasteiger partial charge in [0.25, 0.3) is 5.91 Å². The van der Waals surface area contributed by atoms with E-state index in [0.29, 0.717) is 23.6 Å². The summed E-state index contributed by atoms with van der Waals surface area (Å²) in [7, 11) is 3.12. The molecule has 0 spiro atoms. The minimum absolute atomic E-state index is 0.109. The van der Waals surface area contributed by atoms with Crippen LogP contribution in [0.15, 0.2) is 18.2 Å². The van der Waals surface area contributed by atoms with Gasteiger partial charge in [-0.1, -0.05) is 18.9 Å². The summed E-state index contributed by atoms with van der Waals surface area (Å²) in [4.78, 5) is 14.9. The maximum absolute atomic E-state index is 12.3. The van der Waals surface area contributed by atoms with Crippen molar-refractivity contribution in [3.05, 3.63) is 23.8 Å². The van der Waals surface area contributed by atoms with Crippen LogP contribution in [0, 0.1) is 0 Å². The maximum Gasteiger partial charge on any atom is 0.255 e. The Morgan fingerprint density at radius 3 is 2.58 bits per heavy atom. The van der Waals surface area contributed by atoms with Gasteiger partial charge in [-0.25, -0.2) is 0 Å². The van der Waals surface area contributed by atoms with Gasteiger partial charge in [-0.2, -0.15) is 0 Å². The lowest BCUT2D eigenvalue weighted by molar-refractivity contribution is 0.0949. The van der Waals surface area contributed by atoms with E-state index in [2.05, 4.69) is 10.2 Å². The summed E-state index contributed by atoms with van der Waals surface area (Å²) in [6.45, 7) is 4.40. The van der Waals surface area contributed by atoms with Gasteiger partial charge < -0.3 is 19.7 Å². The predicted octanol–water partition coefficient (Wildman–Crippen LogP) is 3.09. The first kappa shape index (κ1) is 18.6. The molecule has 1 aromatic carbocycles. The molecule has 1 aliphatic rings. The number of piperidine rings is 1. The highest BCUT2D eigenvalue weighted by Gasteiger charge is 2.15. The number of methoxy groups -OCH3 is 2. The van der Waals surface area contributed by atoms with Crippen LogP contribution in [-0.2, 0) is 0 Å². The van der Waals surface area contributed by atoms with Crippen LogP contribution in [0.3, 0.4) is 0 Å². The predicted molar refractivity (Wildman–Crippen MR) is 96.0 cm³/mol. The average molecular weight is 334 g/mol. The first-order valence-electron chi connectivity index (χ1n) is 8.98. The van der Waals surface area contributed by atoms with Gasteiger partial charge in [0.1, 0.15) is 0 Å². The fourth-order valence-corrected chi connectivity index (χ4v) is 3.18. The highest BCUT2D eigenvalue weighted by molar-refractivity contribution is 5.97. The van der Waals surface area contributed by atoms with Crippen LogP contribution in [-0.4, -0.2) is 51.2 Å². The molecule has 1 fully saturated rings. The molecule has 0 atom stereocenters. The largest absolute Gasteiger partial charge is 0.493 e. The third-order valence-corrected chi connectivity index (χ3v) is 4.53. The third-order valence-electron chi connectivity index (χ3n) is 4.53. The average Bonchev–Trinajstić information content (AvgIpc) is 2.64. The minimum atomic E-state index is -0.109. The van der Waals surface area contributed by atoms with E-state index in [1.54, 1.807) is 32.4 Å². The van der Waals surface area contributed by atoms with E-state index in [1.165, 1.54) is 45.3 Å². The van der Waals surface area contributed by atoms with E-state index in [9.17, 15) is 4.79 Å². The molecule has 0 aliphatic carbocycles. The molecule has 134 valence electrons. The molecular formula is C19H30N2O3.